The average Bonchev–Trinajstić information content (AvgIpc) is 2.09. The molecule has 0 saturated carbocycles. The predicted octanol–water partition coefficient (Wildman–Crippen LogP) is -0.109. The Kier molecular flexibility index (Phi) is 4.09. The molecule has 68 valence electrons. The molecule has 0 atom stereocenters. The topological polar surface area (TPSA) is 32.5 Å². The Morgan fingerprint density at radius 3 is 2.50 bits per heavy atom. The van der Waals surface area contributed by atoms with E-state index in [9.17, 15) is 0 Å². The predicted molar refractivity (Wildman–Crippen MR) is 50.3 cm³/mol. The molecule has 1 saturated heterocycles. The summed E-state index contributed by atoms with van der Waals surface area (Å²) in [6.45, 7) is 5.26. The first-order valence-corrected chi connectivity index (χ1v) is 4.48. The molecule has 0 bridgehead atoms. The molecule has 0 aromatic carbocycles. The maximum Gasteiger partial charge on any atom is 0.0257 e. The zero-order chi connectivity index (χ0) is 8.81. The zero-order valence-electron chi connectivity index (χ0n) is 7.50. The van der Waals surface area contributed by atoms with Crippen LogP contribution in [0.1, 0.15) is 12.8 Å². The third-order valence-electron chi connectivity index (χ3n) is 2.20. The van der Waals surface area contributed by atoms with E-state index in [1.807, 2.05) is 5.01 Å². The van der Waals surface area contributed by atoms with Crippen LogP contribution >= 0.6 is 0 Å². The van der Waals surface area contributed by atoms with Gasteiger partial charge >= 0.3 is 0 Å². The summed E-state index contributed by atoms with van der Waals surface area (Å²) in [5.74, 6) is 8.28. The minimum absolute atomic E-state index is 0.892. The fourth-order valence-electron chi connectivity index (χ4n) is 1.39. The van der Waals surface area contributed by atoms with Crippen LogP contribution in [-0.4, -0.2) is 42.6 Å². The molecule has 0 aromatic heterocycles. The summed E-state index contributed by atoms with van der Waals surface area (Å²) in [6, 6.07) is 0. The highest BCUT2D eigenvalue weighted by Crippen LogP contribution is 1.99. The third-order valence-corrected chi connectivity index (χ3v) is 2.20. The van der Waals surface area contributed by atoms with Gasteiger partial charge in [-0.2, -0.15) is 0 Å². The van der Waals surface area contributed by atoms with Crippen molar-refractivity contribution in [2.24, 2.45) is 5.84 Å². The highest BCUT2D eigenvalue weighted by atomic mass is 15.4. The number of piperazine rings is 1. The van der Waals surface area contributed by atoms with Crippen molar-refractivity contribution in [3.05, 3.63) is 0 Å². The van der Waals surface area contributed by atoms with Crippen LogP contribution in [0, 0.1) is 12.3 Å². The second-order valence-corrected chi connectivity index (χ2v) is 3.19. The van der Waals surface area contributed by atoms with Gasteiger partial charge in [-0.25, -0.2) is 5.01 Å². The van der Waals surface area contributed by atoms with Crippen LogP contribution in [0.2, 0.25) is 0 Å². The van der Waals surface area contributed by atoms with Crippen molar-refractivity contribution in [1.82, 2.24) is 9.91 Å². The van der Waals surface area contributed by atoms with Gasteiger partial charge in [0.2, 0.25) is 0 Å². The van der Waals surface area contributed by atoms with E-state index >= 15 is 0 Å². The lowest BCUT2D eigenvalue weighted by molar-refractivity contribution is 0.133. The second-order valence-electron chi connectivity index (χ2n) is 3.19. The first-order valence-electron chi connectivity index (χ1n) is 4.48. The van der Waals surface area contributed by atoms with Crippen molar-refractivity contribution in [3.8, 4) is 12.3 Å². The Hall–Kier alpha value is -0.560. The summed E-state index contributed by atoms with van der Waals surface area (Å²) in [6.07, 6.45) is 7.17. The van der Waals surface area contributed by atoms with E-state index in [2.05, 4.69) is 10.8 Å². The van der Waals surface area contributed by atoms with E-state index in [-0.39, 0.29) is 0 Å². The standard InChI is InChI=1S/C9H17N3/c1-2-3-4-5-11-6-8-12(10)9-7-11/h1H,3-10H2. The van der Waals surface area contributed by atoms with Crippen molar-refractivity contribution >= 4 is 0 Å². The number of terminal acetylenes is 1. The van der Waals surface area contributed by atoms with Crippen LogP contribution in [0.5, 0.6) is 0 Å². The van der Waals surface area contributed by atoms with Crippen LogP contribution < -0.4 is 5.84 Å². The van der Waals surface area contributed by atoms with Gasteiger partial charge < -0.3 is 4.90 Å². The van der Waals surface area contributed by atoms with Crippen molar-refractivity contribution in [1.29, 1.82) is 0 Å². The Labute approximate surface area is 74.5 Å². The molecule has 0 unspecified atom stereocenters. The molecule has 0 radical (unpaired) electrons. The highest BCUT2D eigenvalue weighted by molar-refractivity contribution is 4.83. The molecule has 1 aliphatic rings. The molecule has 1 aliphatic heterocycles. The summed E-state index contributed by atoms with van der Waals surface area (Å²) in [5.41, 5.74) is 0. The van der Waals surface area contributed by atoms with E-state index in [1.54, 1.807) is 0 Å². The molecule has 0 spiro atoms. The monoisotopic (exact) mass is 167 g/mol. The molecule has 3 nitrogen and oxygen atoms in total. The number of rotatable bonds is 3. The fraction of sp³-hybridized carbons (Fsp3) is 0.778. The fourth-order valence-corrected chi connectivity index (χ4v) is 1.39. The number of hydrogen-bond acceptors (Lipinski definition) is 3. The number of nitrogens with zero attached hydrogens (tertiary/aromatic N) is 2. The van der Waals surface area contributed by atoms with Crippen LogP contribution in [-0.2, 0) is 0 Å². The third kappa shape index (κ3) is 3.22. The largest absolute Gasteiger partial charge is 0.301 e. The van der Waals surface area contributed by atoms with Gasteiger partial charge in [0.1, 0.15) is 0 Å². The maximum absolute atomic E-state index is 5.63. The number of hydrazine groups is 1. The Morgan fingerprint density at radius 2 is 1.92 bits per heavy atom. The number of nitrogens with two attached hydrogens (primary N) is 1. The van der Waals surface area contributed by atoms with E-state index in [0.717, 1.165) is 45.6 Å². The van der Waals surface area contributed by atoms with E-state index in [1.165, 1.54) is 0 Å². The number of hydrogen-bond donors (Lipinski definition) is 1. The second kappa shape index (κ2) is 5.15. The smallest absolute Gasteiger partial charge is 0.0257 e. The lowest BCUT2D eigenvalue weighted by Gasteiger charge is -2.31. The van der Waals surface area contributed by atoms with Gasteiger partial charge in [-0.1, -0.05) is 0 Å². The van der Waals surface area contributed by atoms with Gasteiger partial charge in [0.25, 0.3) is 0 Å². The Balaban J connectivity index is 2.06. The molecule has 3 heteroatoms. The molecule has 12 heavy (non-hydrogen) atoms. The summed E-state index contributed by atoms with van der Waals surface area (Å²) >= 11 is 0. The lowest BCUT2D eigenvalue weighted by atomic mass is 10.2. The van der Waals surface area contributed by atoms with E-state index in [4.69, 9.17) is 12.3 Å². The van der Waals surface area contributed by atoms with Crippen LogP contribution in [0.3, 0.4) is 0 Å². The first-order chi connectivity index (χ1) is 5.83. The van der Waals surface area contributed by atoms with Crippen molar-refractivity contribution < 1.29 is 0 Å². The molecular weight excluding hydrogens is 150 g/mol. The van der Waals surface area contributed by atoms with Gasteiger partial charge in [0, 0.05) is 32.6 Å². The SMILES string of the molecule is C#CCCCN1CCN(N)CC1. The van der Waals surface area contributed by atoms with E-state index in [0.29, 0.717) is 0 Å². The van der Waals surface area contributed by atoms with Crippen molar-refractivity contribution in [2.75, 3.05) is 32.7 Å². The minimum Gasteiger partial charge on any atom is -0.301 e. The van der Waals surface area contributed by atoms with Crippen LogP contribution in [0.25, 0.3) is 0 Å². The average molecular weight is 167 g/mol. The Bertz CT molecular complexity index is 154. The molecular formula is C9H17N3. The molecule has 2 N–H and O–H groups in total. The molecule has 1 fully saturated rings. The van der Waals surface area contributed by atoms with Gasteiger partial charge in [0.15, 0.2) is 0 Å². The first kappa shape index (κ1) is 9.53. The van der Waals surface area contributed by atoms with Crippen molar-refractivity contribution in [3.63, 3.8) is 0 Å². The molecule has 0 amide bonds. The number of unbranched alkanes of at least 4 members (excludes halogenated alkanes) is 1. The molecule has 0 aliphatic carbocycles. The van der Waals surface area contributed by atoms with Gasteiger partial charge in [-0.15, -0.1) is 12.3 Å². The van der Waals surface area contributed by atoms with Crippen LogP contribution in [0.15, 0.2) is 0 Å². The van der Waals surface area contributed by atoms with Gasteiger partial charge in [-0.05, 0) is 13.0 Å². The van der Waals surface area contributed by atoms with Gasteiger partial charge in [-0.3, -0.25) is 5.84 Å². The van der Waals surface area contributed by atoms with Crippen LogP contribution in [0.4, 0.5) is 0 Å². The summed E-state index contributed by atoms with van der Waals surface area (Å²) in [4.78, 5) is 2.42. The molecule has 1 rings (SSSR count). The van der Waals surface area contributed by atoms with E-state index < -0.39 is 0 Å². The van der Waals surface area contributed by atoms with Crippen molar-refractivity contribution in [2.45, 2.75) is 12.8 Å². The normalized spacial score (nSPS) is 20.7. The Morgan fingerprint density at radius 1 is 1.25 bits per heavy atom. The summed E-state index contributed by atoms with van der Waals surface area (Å²) < 4.78 is 0. The minimum atomic E-state index is 0.892. The van der Waals surface area contributed by atoms with Gasteiger partial charge in [0.05, 0.1) is 0 Å². The highest BCUT2D eigenvalue weighted by Gasteiger charge is 2.12. The molecule has 0 aromatic rings. The quantitative estimate of drug-likeness (QED) is 0.362. The summed E-state index contributed by atoms with van der Waals surface area (Å²) in [5, 5.41) is 1.87. The lowest BCUT2D eigenvalue weighted by Crippen LogP contribution is -2.49. The molecule has 1 heterocycles. The maximum atomic E-state index is 5.63. The zero-order valence-corrected chi connectivity index (χ0v) is 7.50. The summed E-state index contributed by atoms with van der Waals surface area (Å²) in [7, 11) is 0.